The first kappa shape index (κ1) is 19.9. The average Bonchev–Trinajstić information content (AvgIpc) is 3.19. The van der Waals surface area contributed by atoms with Gasteiger partial charge in [0.25, 0.3) is 0 Å². The number of carbonyl (C=O) groups is 2. The summed E-state index contributed by atoms with van der Waals surface area (Å²) >= 11 is 2.85. The summed E-state index contributed by atoms with van der Waals surface area (Å²) in [5.74, 6) is 0.535. The van der Waals surface area contributed by atoms with Crippen LogP contribution in [0.15, 0.2) is 5.16 Å². The zero-order valence-corrected chi connectivity index (χ0v) is 17.5. The van der Waals surface area contributed by atoms with E-state index in [9.17, 15) is 9.59 Å². The van der Waals surface area contributed by atoms with Gasteiger partial charge in [0.15, 0.2) is 5.16 Å². The van der Waals surface area contributed by atoms with E-state index >= 15 is 0 Å². The van der Waals surface area contributed by atoms with Gasteiger partial charge in [0.2, 0.25) is 5.91 Å². The van der Waals surface area contributed by atoms with Crippen LogP contribution in [0.1, 0.15) is 53.3 Å². The number of thioether (sulfide) groups is 1. The third-order valence-corrected chi connectivity index (χ3v) is 6.63. The molecule has 0 aromatic carbocycles. The molecule has 0 bridgehead atoms. The molecule has 146 valence electrons. The Hall–Kier alpha value is -1.87. The summed E-state index contributed by atoms with van der Waals surface area (Å²) in [4.78, 5) is 26.1. The van der Waals surface area contributed by atoms with E-state index in [0.717, 1.165) is 48.8 Å². The number of rotatable bonds is 7. The monoisotopic (exact) mass is 408 g/mol. The molecule has 1 amide bonds. The lowest BCUT2D eigenvalue weighted by molar-refractivity contribution is -0.113. The van der Waals surface area contributed by atoms with Crippen molar-refractivity contribution in [3.05, 3.63) is 21.8 Å². The third kappa shape index (κ3) is 4.35. The SMILES string of the molecule is CCOC(=O)c1c(NC(=O)CSc2nnc(C)n2CC)sc2c1CCCC2. The van der Waals surface area contributed by atoms with Gasteiger partial charge in [-0.1, -0.05) is 11.8 Å². The van der Waals surface area contributed by atoms with E-state index in [-0.39, 0.29) is 17.6 Å². The summed E-state index contributed by atoms with van der Waals surface area (Å²) in [5.41, 5.74) is 1.59. The number of carbonyl (C=O) groups excluding carboxylic acids is 2. The molecule has 0 saturated carbocycles. The molecule has 0 saturated heterocycles. The van der Waals surface area contributed by atoms with Gasteiger partial charge in [0.1, 0.15) is 10.8 Å². The van der Waals surface area contributed by atoms with E-state index in [1.165, 1.54) is 28.0 Å². The number of nitrogens with one attached hydrogen (secondary N) is 1. The largest absolute Gasteiger partial charge is 0.462 e. The van der Waals surface area contributed by atoms with E-state index in [0.29, 0.717) is 17.2 Å². The molecule has 1 N–H and O–H groups in total. The quantitative estimate of drug-likeness (QED) is 0.558. The van der Waals surface area contributed by atoms with Crippen molar-refractivity contribution in [2.75, 3.05) is 17.7 Å². The number of hydrogen-bond donors (Lipinski definition) is 1. The number of ether oxygens (including phenoxy) is 1. The smallest absolute Gasteiger partial charge is 0.341 e. The predicted molar refractivity (Wildman–Crippen MR) is 107 cm³/mol. The second-order valence-electron chi connectivity index (χ2n) is 6.25. The van der Waals surface area contributed by atoms with Crippen LogP contribution in [0.4, 0.5) is 5.00 Å². The molecule has 2 aromatic heterocycles. The summed E-state index contributed by atoms with van der Waals surface area (Å²) in [6, 6.07) is 0. The summed E-state index contributed by atoms with van der Waals surface area (Å²) in [6.45, 7) is 6.77. The van der Waals surface area contributed by atoms with Crippen molar-refractivity contribution in [2.45, 2.75) is 58.2 Å². The van der Waals surface area contributed by atoms with Gasteiger partial charge in [-0.05, 0) is 52.0 Å². The maximum Gasteiger partial charge on any atom is 0.341 e. The standard InChI is InChI=1S/C18H24N4O3S2/c1-4-22-11(3)20-21-18(22)26-10-14(23)19-16-15(17(24)25-5-2)12-8-6-7-9-13(12)27-16/h4-10H2,1-3H3,(H,19,23). The zero-order valence-electron chi connectivity index (χ0n) is 15.8. The topological polar surface area (TPSA) is 86.1 Å². The van der Waals surface area contributed by atoms with Crippen molar-refractivity contribution in [1.29, 1.82) is 0 Å². The molecule has 0 unspecified atom stereocenters. The molecule has 2 heterocycles. The fourth-order valence-corrected chi connectivity index (χ4v) is 5.34. The first-order chi connectivity index (χ1) is 13.0. The molecule has 7 nitrogen and oxygen atoms in total. The van der Waals surface area contributed by atoms with E-state index in [1.807, 2.05) is 18.4 Å². The van der Waals surface area contributed by atoms with Crippen LogP contribution in [0.25, 0.3) is 0 Å². The van der Waals surface area contributed by atoms with Gasteiger partial charge in [-0.25, -0.2) is 4.79 Å². The van der Waals surface area contributed by atoms with Crippen molar-refractivity contribution in [2.24, 2.45) is 0 Å². The maximum absolute atomic E-state index is 12.5. The highest BCUT2D eigenvalue weighted by molar-refractivity contribution is 7.99. The van der Waals surface area contributed by atoms with E-state index in [4.69, 9.17) is 4.74 Å². The minimum Gasteiger partial charge on any atom is -0.462 e. The highest BCUT2D eigenvalue weighted by Crippen LogP contribution is 2.38. The summed E-state index contributed by atoms with van der Waals surface area (Å²) in [7, 11) is 0. The van der Waals surface area contributed by atoms with Crippen LogP contribution in [-0.2, 0) is 28.9 Å². The van der Waals surface area contributed by atoms with Crippen molar-refractivity contribution < 1.29 is 14.3 Å². The fraction of sp³-hybridized carbons (Fsp3) is 0.556. The lowest BCUT2D eigenvalue weighted by Crippen LogP contribution is -2.17. The van der Waals surface area contributed by atoms with E-state index in [1.54, 1.807) is 6.92 Å². The predicted octanol–water partition coefficient (Wildman–Crippen LogP) is 3.45. The summed E-state index contributed by atoms with van der Waals surface area (Å²) in [6.07, 6.45) is 4.00. The van der Waals surface area contributed by atoms with Crippen molar-refractivity contribution in [1.82, 2.24) is 14.8 Å². The van der Waals surface area contributed by atoms with Gasteiger partial charge in [-0.3, -0.25) is 4.79 Å². The van der Waals surface area contributed by atoms with Gasteiger partial charge in [0, 0.05) is 11.4 Å². The number of anilines is 1. The Labute approximate surface area is 166 Å². The molecule has 0 fully saturated rings. The Bertz CT molecular complexity index is 844. The zero-order chi connectivity index (χ0) is 19.4. The number of esters is 1. The van der Waals surface area contributed by atoms with Crippen LogP contribution in [0.2, 0.25) is 0 Å². The molecular formula is C18H24N4O3S2. The number of aromatic nitrogens is 3. The molecule has 3 rings (SSSR count). The van der Waals surface area contributed by atoms with Crippen molar-refractivity contribution >= 4 is 40.0 Å². The minimum absolute atomic E-state index is 0.160. The third-order valence-electron chi connectivity index (χ3n) is 4.45. The van der Waals surface area contributed by atoms with Crippen molar-refractivity contribution in [3.8, 4) is 0 Å². The Morgan fingerprint density at radius 3 is 2.78 bits per heavy atom. The first-order valence-corrected chi connectivity index (χ1v) is 11.0. The van der Waals surface area contributed by atoms with Crippen LogP contribution in [0, 0.1) is 6.92 Å². The van der Waals surface area contributed by atoms with Gasteiger partial charge in [-0.15, -0.1) is 21.5 Å². The minimum atomic E-state index is -0.346. The van der Waals surface area contributed by atoms with Crippen molar-refractivity contribution in [3.63, 3.8) is 0 Å². The van der Waals surface area contributed by atoms with Gasteiger partial charge < -0.3 is 14.6 Å². The summed E-state index contributed by atoms with van der Waals surface area (Å²) in [5, 5.41) is 12.4. The highest BCUT2D eigenvalue weighted by atomic mass is 32.2. The lowest BCUT2D eigenvalue weighted by atomic mass is 9.95. The number of fused-ring (bicyclic) bond motifs is 1. The fourth-order valence-electron chi connectivity index (χ4n) is 3.20. The molecule has 9 heteroatoms. The molecule has 0 atom stereocenters. The Kier molecular flexibility index (Phi) is 6.54. The Morgan fingerprint density at radius 1 is 1.26 bits per heavy atom. The molecule has 1 aliphatic carbocycles. The normalized spacial score (nSPS) is 13.3. The van der Waals surface area contributed by atoms with Crippen LogP contribution in [0.5, 0.6) is 0 Å². The van der Waals surface area contributed by atoms with Crippen LogP contribution in [-0.4, -0.2) is 39.0 Å². The number of amides is 1. The average molecular weight is 409 g/mol. The molecule has 1 aliphatic rings. The molecule has 27 heavy (non-hydrogen) atoms. The first-order valence-electron chi connectivity index (χ1n) is 9.19. The number of thiophene rings is 1. The van der Waals surface area contributed by atoms with Crippen LogP contribution >= 0.6 is 23.1 Å². The Balaban J connectivity index is 1.73. The molecular weight excluding hydrogens is 384 g/mol. The molecule has 0 radical (unpaired) electrons. The second-order valence-corrected chi connectivity index (χ2v) is 8.29. The van der Waals surface area contributed by atoms with Gasteiger partial charge in [0.05, 0.1) is 17.9 Å². The van der Waals surface area contributed by atoms with Crippen LogP contribution in [0.3, 0.4) is 0 Å². The van der Waals surface area contributed by atoms with Gasteiger partial charge in [-0.2, -0.15) is 0 Å². The molecule has 2 aromatic rings. The maximum atomic E-state index is 12.5. The number of hydrogen-bond acceptors (Lipinski definition) is 7. The lowest BCUT2D eigenvalue weighted by Gasteiger charge is -2.12. The molecule has 0 spiro atoms. The van der Waals surface area contributed by atoms with E-state index in [2.05, 4.69) is 15.5 Å². The highest BCUT2D eigenvalue weighted by Gasteiger charge is 2.27. The molecule has 0 aliphatic heterocycles. The van der Waals surface area contributed by atoms with E-state index < -0.39 is 0 Å². The number of nitrogens with zero attached hydrogens (tertiary/aromatic N) is 3. The van der Waals surface area contributed by atoms with Crippen LogP contribution < -0.4 is 5.32 Å². The summed E-state index contributed by atoms with van der Waals surface area (Å²) < 4.78 is 7.19. The Morgan fingerprint density at radius 2 is 2.04 bits per heavy atom. The van der Waals surface area contributed by atoms with Gasteiger partial charge >= 0.3 is 5.97 Å². The number of aryl methyl sites for hydroxylation is 2. The second kappa shape index (κ2) is 8.88.